The maximum Gasteiger partial charge on any atom is 0.254 e. The average Bonchev–Trinajstić information content (AvgIpc) is 2.70. The topological polar surface area (TPSA) is 71.7 Å². The Balaban J connectivity index is 2.11. The number of carbonyl (C=O) groups is 1. The molecule has 2 N–H and O–H groups in total. The van der Waals surface area contributed by atoms with E-state index in [0.29, 0.717) is 36.4 Å². The van der Waals surface area contributed by atoms with E-state index < -0.39 is 0 Å². The minimum atomic E-state index is -0.170. The predicted molar refractivity (Wildman–Crippen MR) is 61.3 cm³/mol. The van der Waals surface area contributed by atoms with E-state index >= 15 is 0 Å². The van der Waals surface area contributed by atoms with Crippen molar-refractivity contribution in [2.24, 2.45) is 0 Å². The highest BCUT2D eigenvalue weighted by molar-refractivity contribution is 9.10. The molecule has 0 aliphatic rings. The summed E-state index contributed by atoms with van der Waals surface area (Å²) in [5.41, 5.74) is 0.489. The molecule has 90 valence electrons. The minimum Gasteiger partial charge on any atom is -0.457 e. The van der Waals surface area contributed by atoms with Crippen LogP contribution in [0.4, 0.5) is 0 Å². The molecule has 0 spiro atoms. The molecule has 16 heavy (non-hydrogen) atoms. The number of ether oxygens (including phenoxy) is 1. The number of rotatable bonds is 7. The summed E-state index contributed by atoms with van der Waals surface area (Å²) < 4.78 is 10.5. The Morgan fingerprint density at radius 1 is 1.56 bits per heavy atom. The molecule has 0 bridgehead atoms. The molecule has 1 amide bonds. The van der Waals surface area contributed by atoms with Crippen LogP contribution in [0.1, 0.15) is 16.8 Å². The Labute approximate surface area is 102 Å². The summed E-state index contributed by atoms with van der Waals surface area (Å²) in [6.45, 7) is 1.42. The van der Waals surface area contributed by atoms with Crippen molar-refractivity contribution >= 4 is 21.8 Å². The van der Waals surface area contributed by atoms with Gasteiger partial charge in [-0.15, -0.1) is 0 Å². The molecule has 0 saturated heterocycles. The van der Waals surface area contributed by atoms with Crippen LogP contribution in [0.3, 0.4) is 0 Å². The summed E-state index contributed by atoms with van der Waals surface area (Å²) in [5, 5.41) is 11.2. The lowest BCUT2D eigenvalue weighted by Gasteiger charge is -2.03. The van der Waals surface area contributed by atoms with Crippen molar-refractivity contribution in [1.29, 1.82) is 0 Å². The van der Waals surface area contributed by atoms with Gasteiger partial charge in [0, 0.05) is 19.2 Å². The molecular weight excluding hydrogens is 278 g/mol. The molecule has 0 aromatic carbocycles. The zero-order valence-electron chi connectivity index (χ0n) is 8.74. The van der Waals surface area contributed by atoms with Gasteiger partial charge in [0.1, 0.15) is 6.26 Å². The smallest absolute Gasteiger partial charge is 0.254 e. The number of hydrogen-bond acceptors (Lipinski definition) is 4. The van der Waals surface area contributed by atoms with Gasteiger partial charge in [-0.2, -0.15) is 0 Å². The molecule has 0 atom stereocenters. The van der Waals surface area contributed by atoms with Gasteiger partial charge in [0.05, 0.1) is 18.8 Å². The number of nitrogens with one attached hydrogen (secondary N) is 1. The van der Waals surface area contributed by atoms with E-state index in [1.54, 1.807) is 6.07 Å². The van der Waals surface area contributed by atoms with Gasteiger partial charge in [-0.25, -0.2) is 0 Å². The standard InChI is InChI=1S/C10H14BrNO4/c11-9-6-8(7-16-9)10(14)12-2-1-4-15-5-3-13/h6-7,13H,1-5H2,(H,12,14). The number of furan rings is 1. The molecule has 0 unspecified atom stereocenters. The Morgan fingerprint density at radius 3 is 3.00 bits per heavy atom. The predicted octanol–water partition coefficient (Wildman–Crippen LogP) is 1.17. The average molecular weight is 292 g/mol. The molecule has 1 heterocycles. The fourth-order valence-corrected chi connectivity index (χ4v) is 1.41. The van der Waals surface area contributed by atoms with Gasteiger partial charge >= 0.3 is 0 Å². The Bertz CT molecular complexity index is 326. The highest BCUT2D eigenvalue weighted by Gasteiger charge is 2.07. The van der Waals surface area contributed by atoms with E-state index in [1.807, 2.05) is 0 Å². The largest absolute Gasteiger partial charge is 0.457 e. The van der Waals surface area contributed by atoms with E-state index in [4.69, 9.17) is 14.3 Å². The third-order valence-corrected chi connectivity index (χ3v) is 2.23. The van der Waals surface area contributed by atoms with Crippen molar-refractivity contribution in [2.45, 2.75) is 6.42 Å². The number of aliphatic hydroxyl groups excluding tert-OH is 1. The molecule has 6 heteroatoms. The van der Waals surface area contributed by atoms with Crippen LogP contribution in [0.2, 0.25) is 0 Å². The first kappa shape index (κ1) is 13.2. The lowest BCUT2D eigenvalue weighted by molar-refractivity contribution is 0.0867. The monoisotopic (exact) mass is 291 g/mol. The van der Waals surface area contributed by atoms with Gasteiger partial charge in [0.2, 0.25) is 0 Å². The van der Waals surface area contributed by atoms with Crippen molar-refractivity contribution in [2.75, 3.05) is 26.4 Å². The molecule has 5 nitrogen and oxygen atoms in total. The van der Waals surface area contributed by atoms with E-state index in [-0.39, 0.29) is 12.5 Å². The first-order valence-corrected chi connectivity index (χ1v) is 5.74. The van der Waals surface area contributed by atoms with Gasteiger partial charge in [0.15, 0.2) is 4.67 Å². The van der Waals surface area contributed by atoms with Crippen LogP contribution in [0.5, 0.6) is 0 Å². The van der Waals surface area contributed by atoms with E-state index in [2.05, 4.69) is 21.2 Å². The zero-order chi connectivity index (χ0) is 11.8. The Morgan fingerprint density at radius 2 is 2.38 bits per heavy atom. The SMILES string of the molecule is O=C(NCCCOCCO)c1coc(Br)c1. The molecule has 1 aromatic heterocycles. The van der Waals surface area contributed by atoms with Crippen molar-refractivity contribution in [3.05, 3.63) is 22.6 Å². The van der Waals surface area contributed by atoms with Crippen LogP contribution in [0.15, 0.2) is 21.4 Å². The first-order chi connectivity index (χ1) is 7.74. The van der Waals surface area contributed by atoms with E-state index in [1.165, 1.54) is 6.26 Å². The van der Waals surface area contributed by atoms with Crippen molar-refractivity contribution < 1.29 is 19.1 Å². The van der Waals surface area contributed by atoms with Crippen LogP contribution in [0.25, 0.3) is 0 Å². The van der Waals surface area contributed by atoms with Crippen LogP contribution in [-0.2, 0) is 4.74 Å². The Kier molecular flexibility index (Phi) is 6.14. The maximum atomic E-state index is 11.5. The van der Waals surface area contributed by atoms with Gasteiger partial charge in [-0.3, -0.25) is 4.79 Å². The second kappa shape index (κ2) is 7.43. The number of amides is 1. The molecular formula is C10H14BrNO4. The second-order valence-electron chi connectivity index (χ2n) is 3.08. The molecule has 0 fully saturated rings. The summed E-state index contributed by atoms with van der Waals surface area (Å²) >= 11 is 3.12. The van der Waals surface area contributed by atoms with Crippen molar-refractivity contribution in [3.8, 4) is 0 Å². The Hall–Kier alpha value is -0.850. The summed E-state index contributed by atoms with van der Waals surface area (Å²) in [5.74, 6) is -0.170. The molecule has 0 radical (unpaired) electrons. The molecule has 1 rings (SSSR count). The quantitative estimate of drug-likeness (QED) is 0.740. The minimum absolute atomic E-state index is 0.0232. The summed E-state index contributed by atoms with van der Waals surface area (Å²) in [7, 11) is 0. The van der Waals surface area contributed by atoms with Gasteiger partial charge in [-0.1, -0.05) is 0 Å². The number of carbonyl (C=O) groups excluding carboxylic acids is 1. The third kappa shape index (κ3) is 4.78. The van der Waals surface area contributed by atoms with Crippen LogP contribution in [0, 0.1) is 0 Å². The van der Waals surface area contributed by atoms with Crippen molar-refractivity contribution in [1.82, 2.24) is 5.32 Å². The highest BCUT2D eigenvalue weighted by atomic mass is 79.9. The molecule has 1 aromatic rings. The van der Waals surface area contributed by atoms with Gasteiger partial charge < -0.3 is 19.6 Å². The summed E-state index contributed by atoms with van der Waals surface area (Å²) in [6.07, 6.45) is 2.10. The maximum absolute atomic E-state index is 11.5. The number of hydrogen-bond donors (Lipinski definition) is 2. The van der Waals surface area contributed by atoms with Crippen LogP contribution in [-0.4, -0.2) is 37.4 Å². The van der Waals surface area contributed by atoms with Gasteiger partial charge in [0.25, 0.3) is 5.91 Å². The lowest BCUT2D eigenvalue weighted by atomic mass is 10.3. The fourth-order valence-electron chi connectivity index (χ4n) is 1.07. The first-order valence-electron chi connectivity index (χ1n) is 4.95. The second-order valence-corrected chi connectivity index (χ2v) is 3.87. The van der Waals surface area contributed by atoms with Crippen LogP contribution >= 0.6 is 15.9 Å². The summed E-state index contributed by atoms with van der Waals surface area (Å²) in [4.78, 5) is 11.5. The van der Waals surface area contributed by atoms with Gasteiger partial charge in [-0.05, 0) is 22.4 Å². The molecule has 0 aliphatic heterocycles. The normalized spacial score (nSPS) is 10.4. The molecule has 0 aliphatic carbocycles. The van der Waals surface area contributed by atoms with Crippen LogP contribution < -0.4 is 5.32 Å². The fraction of sp³-hybridized carbons (Fsp3) is 0.500. The number of aliphatic hydroxyl groups is 1. The van der Waals surface area contributed by atoms with E-state index in [9.17, 15) is 4.79 Å². The molecule has 0 saturated carbocycles. The summed E-state index contributed by atoms with van der Waals surface area (Å²) in [6, 6.07) is 1.61. The van der Waals surface area contributed by atoms with Crippen molar-refractivity contribution in [3.63, 3.8) is 0 Å². The zero-order valence-corrected chi connectivity index (χ0v) is 10.3. The number of halogens is 1. The third-order valence-electron chi connectivity index (χ3n) is 1.82. The van der Waals surface area contributed by atoms with E-state index in [0.717, 1.165) is 0 Å². The highest BCUT2D eigenvalue weighted by Crippen LogP contribution is 2.13. The lowest BCUT2D eigenvalue weighted by Crippen LogP contribution is -2.24.